The van der Waals surface area contributed by atoms with E-state index in [4.69, 9.17) is 0 Å². The van der Waals surface area contributed by atoms with Crippen molar-refractivity contribution in [2.75, 3.05) is 6.54 Å². The number of carbonyl (C=O) groups is 1. The average Bonchev–Trinajstić information content (AvgIpc) is 3.13. The highest BCUT2D eigenvalue weighted by atomic mass is 16.2. The Bertz CT molecular complexity index is 386. The van der Waals surface area contributed by atoms with Crippen LogP contribution in [0.3, 0.4) is 0 Å². The maximum absolute atomic E-state index is 12.8. The lowest BCUT2D eigenvalue weighted by molar-refractivity contribution is -0.134. The van der Waals surface area contributed by atoms with Gasteiger partial charge in [-0.15, -0.1) is 0 Å². The van der Waals surface area contributed by atoms with E-state index in [-0.39, 0.29) is 11.3 Å². The molecule has 19 heavy (non-hydrogen) atoms. The highest BCUT2D eigenvalue weighted by Crippen LogP contribution is 2.60. The predicted molar refractivity (Wildman–Crippen MR) is 79.8 cm³/mol. The minimum absolute atomic E-state index is 0.151. The predicted octanol–water partition coefficient (Wildman–Crippen LogP) is 3.87. The highest BCUT2D eigenvalue weighted by molar-refractivity contribution is 5.84. The lowest BCUT2D eigenvalue weighted by atomic mass is 10.1. The fourth-order valence-electron chi connectivity index (χ4n) is 3.20. The van der Waals surface area contributed by atoms with Crippen LogP contribution in [0.4, 0.5) is 0 Å². The molecular formula is C17H29NO. The van der Waals surface area contributed by atoms with Crippen molar-refractivity contribution in [1.29, 1.82) is 0 Å². The smallest absolute Gasteiger partial charge is 0.227 e. The molecule has 0 aromatic rings. The van der Waals surface area contributed by atoms with Crippen molar-refractivity contribution in [3.05, 3.63) is 11.6 Å². The molecule has 2 nitrogen and oxygen atoms in total. The summed E-state index contributed by atoms with van der Waals surface area (Å²) in [5.74, 6) is 1.62. The van der Waals surface area contributed by atoms with Gasteiger partial charge in [-0.3, -0.25) is 4.79 Å². The summed E-state index contributed by atoms with van der Waals surface area (Å²) in [6.45, 7) is 14.1. The van der Waals surface area contributed by atoms with Crippen LogP contribution in [0.15, 0.2) is 11.6 Å². The number of nitrogens with zero attached hydrogens (tertiary/aromatic N) is 1. The molecule has 2 aliphatic carbocycles. The SMILES string of the molecule is CC(C)=CC1C(C(=O)N(CC(C)C)C2CC2)C1(C)C. The monoisotopic (exact) mass is 263 g/mol. The van der Waals surface area contributed by atoms with E-state index in [1.165, 1.54) is 18.4 Å². The molecule has 2 fully saturated rings. The van der Waals surface area contributed by atoms with Crippen LogP contribution in [0.25, 0.3) is 0 Å². The van der Waals surface area contributed by atoms with Crippen LogP contribution in [0, 0.1) is 23.2 Å². The zero-order valence-corrected chi connectivity index (χ0v) is 13.4. The Morgan fingerprint density at radius 3 is 2.32 bits per heavy atom. The second-order valence-electron chi connectivity index (χ2n) is 7.68. The van der Waals surface area contributed by atoms with Crippen molar-refractivity contribution < 1.29 is 4.79 Å². The Balaban J connectivity index is 2.08. The van der Waals surface area contributed by atoms with E-state index in [1.54, 1.807) is 0 Å². The van der Waals surface area contributed by atoms with Crippen LogP contribution in [0.5, 0.6) is 0 Å². The molecule has 2 rings (SSSR count). The van der Waals surface area contributed by atoms with Gasteiger partial charge in [0.2, 0.25) is 5.91 Å². The molecule has 0 N–H and O–H groups in total. The fourth-order valence-corrected chi connectivity index (χ4v) is 3.20. The van der Waals surface area contributed by atoms with Crippen molar-refractivity contribution >= 4 is 5.91 Å². The second-order valence-corrected chi connectivity index (χ2v) is 7.68. The summed E-state index contributed by atoms with van der Waals surface area (Å²) in [6.07, 6.45) is 4.71. The summed E-state index contributed by atoms with van der Waals surface area (Å²) in [5.41, 5.74) is 1.48. The second kappa shape index (κ2) is 4.96. The first-order valence-electron chi connectivity index (χ1n) is 7.70. The van der Waals surface area contributed by atoms with Gasteiger partial charge in [-0.05, 0) is 43.9 Å². The molecule has 2 unspecified atom stereocenters. The maximum atomic E-state index is 12.8. The van der Waals surface area contributed by atoms with E-state index < -0.39 is 0 Å². The number of amides is 1. The number of hydrogen-bond acceptors (Lipinski definition) is 1. The first-order chi connectivity index (χ1) is 8.75. The van der Waals surface area contributed by atoms with Gasteiger partial charge in [-0.25, -0.2) is 0 Å². The van der Waals surface area contributed by atoms with E-state index >= 15 is 0 Å². The van der Waals surface area contributed by atoms with E-state index in [0.717, 1.165) is 6.54 Å². The van der Waals surface area contributed by atoms with Gasteiger partial charge >= 0.3 is 0 Å². The standard InChI is InChI=1S/C17H29NO/c1-11(2)9-14-15(17(14,5)6)16(19)18(10-12(3)4)13-7-8-13/h9,12-15H,7-8,10H2,1-6H3. The number of hydrogen-bond donors (Lipinski definition) is 0. The highest BCUT2D eigenvalue weighted by Gasteiger charge is 2.61. The summed E-state index contributed by atoms with van der Waals surface area (Å²) in [7, 11) is 0. The minimum Gasteiger partial charge on any atom is -0.339 e. The van der Waals surface area contributed by atoms with Gasteiger partial charge in [-0.1, -0.05) is 39.3 Å². The van der Waals surface area contributed by atoms with Gasteiger partial charge < -0.3 is 4.90 Å². The van der Waals surface area contributed by atoms with Crippen LogP contribution in [-0.2, 0) is 4.79 Å². The molecule has 1 amide bonds. The number of allylic oxidation sites excluding steroid dienone is 2. The lowest BCUT2D eigenvalue weighted by Gasteiger charge is -2.25. The van der Waals surface area contributed by atoms with E-state index in [2.05, 4.69) is 52.5 Å². The Kier molecular flexibility index (Phi) is 3.81. The van der Waals surface area contributed by atoms with Crippen molar-refractivity contribution in [1.82, 2.24) is 4.90 Å². The summed E-state index contributed by atoms with van der Waals surface area (Å²) < 4.78 is 0. The molecule has 0 aromatic carbocycles. The third-order valence-corrected chi connectivity index (χ3v) is 4.52. The van der Waals surface area contributed by atoms with Gasteiger partial charge in [0.05, 0.1) is 5.92 Å². The lowest BCUT2D eigenvalue weighted by Crippen LogP contribution is -2.38. The van der Waals surface area contributed by atoms with E-state index in [9.17, 15) is 4.79 Å². The van der Waals surface area contributed by atoms with Gasteiger partial charge in [0.25, 0.3) is 0 Å². The van der Waals surface area contributed by atoms with Gasteiger partial charge in [0, 0.05) is 12.6 Å². The zero-order valence-electron chi connectivity index (χ0n) is 13.4. The first kappa shape index (κ1) is 14.6. The van der Waals surface area contributed by atoms with Crippen LogP contribution < -0.4 is 0 Å². The Labute approximate surface area is 118 Å². The van der Waals surface area contributed by atoms with Gasteiger partial charge in [-0.2, -0.15) is 0 Å². The van der Waals surface area contributed by atoms with Crippen molar-refractivity contribution in [2.24, 2.45) is 23.2 Å². The quantitative estimate of drug-likeness (QED) is 0.689. The zero-order chi connectivity index (χ0) is 14.4. The Morgan fingerprint density at radius 2 is 1.89 bits per heavy atom. The molecule has 2 atom stereocenters. The molecule has 0 aliphatic heterocycles. The maximum Gasteiger partial charge on any atom is 0.227 e. The van der Waals surface area contributed by atoms with Crippen LogP contribution in [0.2, 0.25) is 0 Å². The molecular weight excluding hydrogens is 234 g/mol. The first-order valence-corrected chi connectivity index (χ1v) is 7.70. The molecule has 0 bridgehead atoms. The Hall–Kier alpha value is -0.790. The molecule has 2 heteroatoms. The van der Waals surface area contributed by atoms with Crippen LogP contribution in [-0.4, -0.2) is 23.4 Å². The topological polar surface area (TPSA) is 20.3 Å². The molecule has 0 spiro atoms. The summed E-state index contributed by atoms with van der Waals surface area (Å²) >= 11 is 0. The van der Waals surface area contributed by atoms with Crippen molar-refractivity contribution in [3.8, 4) is 0 Å². The summed E-state index contributed by atoms with van der Waals surface area (Å²) in [4.78, 5) is 15.0. The third-order valence-electron chi connectivity index (χ3n) is 4.52. The van der Waals surface area contributed by atoms with Gasteiger partial charge in [0.15, 0.2) is 0 Å². The van der Waals surface area contributed by atoms with E-state index in [1.807, 2.05) is 0 Å². The number of carbonyl (C=O) groups excluding carboxylic acids is 1. The minimum atomic E-state index is 0.151. The van der Waals surface area contributed by atoms with Crippen LogP contribution in [0.1, 0.15) is 54.4 Å². The molecule has 2 saturated carbocycles. The molecule has 0 radical (unpaired) electrons. The molecule has 2 aliphatic rings. The normalized spacial score (nSPS) is 28.2. The Morgan fingerprint density at radius 1 is 1.32 bits per heavy atom. The molecule has 108 valence electrons. The van der Waals surface area contributed by atoms with Crippen molar-refractivity contribution in [2.45, 2.75) is 60.4 Å². The van der Waals surface area contributed by atoms with Crippen LogP contribution >= 0.6 is 0 Å². The largest absolute Gasteiger partial charge is 0.339 e. The van der Waals surface area contributed by atoms with Gasteiger partial charge in [0.1, 0.15) is 0 Å². The number of rotatable bonds is 5. The van der Waals surface area contributed by atoms with E-state index in [0.29, 0.717) is 23.8 Å². The molecule has 0 saturated heterocycles. The van der Waals surface area contributed by atoms with Crippen molar-refractivity contribution in [3.63, 3.8) is 0 Å². The average molecular weight is 263 g/mol. The molecule has 0 heterocycles. The summed E-state index contributed by atoms with van der Waals surface area (Å²) in [5, 5.41) is 0. The molecule has 0 aromatic heterocycles. The summed E-state index contributed by atoms with van der Waals surface area (Å²) in [6, 6.07) is 0.540. The fraction of sp³-hybridized carbons (Fsp3) is 0.824. The third kappa shape index (κ3) is 3.04.